The Balaban J connectivity index is 1.94. The van der Waals surface area contributed by atoms with Crippen LogP contribution in [0.15, 0.2) is 42.5 Å². The number of carbonyl (C=O) groups is 3. The fraction of sp³-hybridized carbons (Fsp3) is 0.286. The van der Waals surface area contributed by atoms with Crippen LogP contribution in [0.4, 0.5) is 0 Å². The van der Waals surface area contributed by atoms with E-state index in [1.54, 1.807) is 36.4 Å². The molecule has 3 N–H and O–H groups in total. The standard InChI is InChI=1S/C21H24ClN3O5/c1-12(2)30-17-10-9-14(11-18(17)29-4)20(27)25-24-19(26)13(3)23-21(28)15-7-5-6-8-16(15)22/h5-13H,1-4H3,(H,23,28)(H,24,26)(H,25,27)/t13-/m0/s1. The zero-order chi connectivity index (χ0) is 22.3. The lowest BCUT2D eigenvalue weighted by Gasteiger charge is -2.16. The van der Waals surface area contributed by atoms with Crippen LogP contribution in [0.3, 0.4) is 0 Å². The van der Waals surface area contributed by atoms with Gasteiger partial charge in [-0.15, -0.1) is 0 Å². The Morgan fingerprint density at radius 2 is 1.63 bits per heavy atom. The van der Waals surface area contributed by atoms with Gasteiger partial charge in [0.1, 0.15) is 6.04 Å². The number of hydrogen-bond acceptors (Lipinski definition) is 5. The number of halogens is 1. The fourth-order valence-corrected chi connectivity index (χ4v) is 2.67. The molecule has 0 heterocycles. The quantitative estimate of drug-likeness (QED) is 0.582. The molecule has 0 fully saturated rings. The van der Waals surface area contributed by atoms with Gasteiger partial charge in [-0.25, -0.2) is 0 Å². The maximum absolute atomic E-state index is 12.3. The zero-order valence-corrected chi connectivity index (χ0v) is 17.9. The number of benzene rings is 2. The van der Waals surface area contributed by atoms with Crippen molar-refractivity contribution in [3.05, 3.63) is 58.6 Å². The summed E-state index contributed by atoms with van der Waals surface area (Å²) in [5.41, 5.74) is 5.09. The number of ether oxygens (including phenoxy) is 2. The van der Waals surface area contributed by atoms with E-state index in [9.17, 15) is 14.4 Å². The van der Waals surface area contributed by atoms with Crippen LogP contribution >= 0.6 is 11.6 Å². The molecular weight excluding hydrogens is 410 g/mol. The van der Waals surface area contributed by atoms with Crippen LogP contribution in [0.5, 0.6) is 11.5 Å². The van der Waals surface area contributed by atoms with Crippen molar-refractivity contribution in [3.8, 4) is 11.5 Å². The molecule has 160 valence electrons. The molecule has 0 bridgehead atoms. The molecule has 8 nitrogen and oxygen atoms in total. The Morgan fingerprint density at radius 3 is 2.27 bits per heavy atom. The van der Waals surface area contributed by atoms with E-state index >= 15 is 0 Å². The summed E-state index contributed by atoms with van der Waals surface area (Å²) in [6, 6.07) is 10.2. The molecule has 1 atom stereocenters. The Bertz CT molecular complexity index is 933. The van der Waals surface area contributed by atoms with Gasteiger partial charge in [-0.1, -0.05) is 23.7 Å². The number of amides is 3. The van der Waals surface area contributed by atoms with Crippen LogP contribution < -0.4 is 25.6 Å². The normalized spacial score (nSPS) is 11.4. The van der Waals surface area contributed by atoms with Crippen LogP contribution in [-0.4, -0.2) is 37.0 Å². The SMILES string of the molecule is COc1cc(C(=O)NNC(=O)[C@H](C)NC(=O)c2ccccc2Cl)ccc1OC(C)C. The number of hydrazine groups is 1. The van der Waals surface area contributed by atoms with Gasteiger partial charge in [0.15, 0.2) is 11.5 Å². The second kappa shape index (κ2) is 10.5. The molecule has 9 heteroatoms. The third-order valence-corrected chi connectivity index (χ3v) is 4.28. The average Bonchev–Trinajstić information content (AvgIpc) is 2.71. The third kappa shape index (κ3) is 6.12. The third-order valence-electron chi connectivity index (χ3n) is 3.95. The summed E-state index contributed by atoms with van der Waals surface area (Å²) in [4.78, 5) is 36.8. The molecule has 0 aliphatic heterocycles. The first kappa shape index (κ1) is 23.0. The highest BCUT2D eigenvalue weighted by Crippen LogP contribution is 2.28. The van der Waals surface area contributed by atoms with Crippen LogP contribution in [0.1, 0.15) is 41.5 Å². The monoisotopic (exact) mass is 433 g/mol. The minimum atomic E-state index is -0.912. The second-order valence-corrected chi connectivity index (χ2v) is 7.06. The summed E-state index contributed by atoms with van der Waals surface area (Å²) in [6.45, 7) is 5.24. The van der Waals surface area contributed by atoms with E-state index in [0.717, 1.165) is 0 Å². The van der Waals surface area contributed by atoms with Gasteiger partial charge in [0.25, 0.3) is 17.7 Å². The highest BCUT2D eigenvalue weighted by Gasteiger charge is 2.19. The average molecular weight is 434 g/mol. The van der Waals surface area contributed by atoms with Crippen LogP contribution in [0.25, 0.3) is 0 Å². The molecule has 30 heavy (non-hydrogen) atoms. The van der Waals surface area contributed by atoms with Gasteiger partial charge in [-0.2, -0.15) is 0 Å². The summed E-state index contributed by atoms with van der Waals surface area (Å²) >= 11 is 5.98. The summed E-state index contributed by atoms with van der Waals surface area (Å²) in [6.07, 6.45) is -0.0553. The highest BCUT2D eigenvalue weighted by molar-refractivity contribution is 6.33. The first-order valence-electron chi connectivity index (χ1n) is 9.23. The number of rotatable bonds is 7. The zero-order valence-electron chi connectivity index (χ0n) is 17.1. The van der Waals surface area contributed by atoms with Crippen LogP contribution in [0.2, 0.25) is 5.02 Å². The number of hydrogen-bond donors (Lipinski definition) is 3. The molecule has 0 unspecified atom stereocenters. The van der Waals surface area contributed by atoms with Gasteiger partial charge in [0, 0.05) is 5.56 Å². The molecule has 0 aromatic heterocycles. The van der Waals surface area contributed by atoms with Gasteiger partial charge in [-0.05, 0) is 51.1 Å². The number of methoxy groups -OCH3 is 1. The van der Waals surface area contributed by atoms with Crippen molar-refractivity contribution in [1.82, 2.24) is 16.2 Å². The summed E-state index contributed by atoms with van der Waals surface area (Å²) in [5, 5.41) is 2.79. The topological polar surface area (TPSA) is 106 Å². The Kier molecular flexibility index (Phi) is 8.06. The van der Waals surface area contributed by atoms with Gasteiger partial charge in [0.2, 0.25) is 0 Å². The maximum atomic E-state index is 12.3. The van der Waals surface area contributed by atoms with Crippen molar-refractivity contribution < 1.29 is 23.9 Å². The molecule has 0 spiro atoms. The predicted octanol–water partition coefficient (Wildman–Crippen LogP) is 2.72. The van der Waals surface area contributed by atoms with Crippen molar-refractivity contribution in [2.75, 3.05) is 7.11 Å². The van der Waals surface area contributed by atoms with Gasteiger partial charge in [0.05, 0.1) is 23.8 Å². The van der Waals surface area contributed by atoms with Crippen molar-refractivity contribution in [2.24, 2.45) is 0 Å². The molecule has 2 rings (SSSR count). The van der Waals surface area contributed by atoms with Crippen molar-refractivity contribution in [2.45, 2.75) is 32.9 Å². The van der Waals surface area contributed by atoms with Crippen molar-refractivity contribution in [3.63, 3.8) is 0 Å². The van der Waals surface area contributed by atoms with Crippen molar-refractivity contribution >= 4 is 29.3 Å². The molecular formula is C21H24ClN3O5. The molecule has 0 aliphatic rings. The van der Waals surface area contributed by atoms with Crippen molar-refractivity contribution in [1.29, 1.82) is 0 Å². The first-order valence-corrected chi connectivity index (χ1v) is 9.61. The highest BCUT2D eigenvalue weighted by atomic mass is 35.5. The molecule has 2 aromatic rings. The van der Waals surface area contributed by atoms with Gasteiger partial charge >= 0.3 is 0 Å². The summed E-state index contributed by atoms with van der Waals surface area (Å²) in [5.74, 6) is -0.759. The molecule has 0 radical (unpaired) electrons. The number of carbonyl (C=O) groups excluding carboxylic acids is 3. The van der Waals surface area contributed by atoms with E-state index in [1.807, 2.05) is 13.8 Å². The van der Waals surface area contributed by atoms with Gasteiger partial charge in [-0.3, -0.25) is 25.2 Å². The van der Waals surface area contributed by atoms with E-state index in [2.05, 4.69) is 16.2 Å². The summed E-state index contributed by atoms with van der Waals surface area (Å²) in [7, 11) is 1.47. The predicted molar refractivity (Wildman–Crippen MR) is 113 cm³/mol. The molecule has 3 amide bonds. The summed E-state index contributed by atoms with van der Waals surface area (Å²) < 4.78 is 10.9. The molecule has 2 aromatic carbocycles. The molecule has 0 saturated carbocycles. The maximum Gasteiger partial charge on any atom is 0.269 e. The van der Waals surface area contributed by atoms with E-state index < -0.39 is 23.8 Å². The lowest BCUT2D eigenvalue weighted by atomic mass is 10.2. The Hall–Kier alpha value is -3.26. The van der Waals surface area contributed by atoms with E-state index in [0.29, 0.717) is 11.5 Å². The molecule has 0 aliphatic carbocycles. The lowest BCUT2D eigenvalue weighted by molar-refractivity contribution is -0.123. The second-order valence-electron chi connectivity index (χ2n) is 6.65. The number of nitrogens with one attached hydrogen (secondary N) is 3. The lowest BCUT2D eigenvalue weighted by Crippen LogP contribution is -2.51. The minimum absolute atomic E-state index is 0.0553. The fourth-order valence-electron chi connectivity index (χ4n) is 2.44. The minimum Gasteiger partial charge on any atom is -0.493 e. The van der Waals surface area contributed by atoms with E-state index in [1.165, 1.54) is 20.1 Å². The Labute approximate surface area is 179 Å². The van der Waals surface area contributed by atoms with Crippen LogP contribution in [0, 0.1) is 0 Å². The molecule has 0 saturated heterocycles. The van der Waals surface area contributed by atoms with Crippen LogP contribution in [-0.2, 0) is 4.79 Å². The van der Waals surface area contributed by atoms with E-state index in [4.69, 9.17) is 21.1 Å². The largest absolute Gasteiger partial charge is 0.493 e. The van der Waals surface area contributed by atoms with E-state index in [-0.39, 0.29) is 22.3 Å². The first-order chi connectivity index (χ1) is 14.2. The smallest absolute Gasteiger partial charge is 0.269 e. The Morgan fingerprint density at radius 1 is 0.933 bits per heavy atom. The van der Waals surface area contributed by atoms with Gasteiger partial charge < -0.3 is 14.8 Å².